The van der Waals surface area contributed by atoms with E-state index >= 15 is 0 Å². The predicted octanol–water partition coefficient (Wildman–Crippen LogP) is 3.38. The Kier molecular flexibility index (Phi) is 5.62. The fourth-order valence-corrected chi connectivity index (χ4v) is 3.08. The Morgan fingerprint density at radius 2 is 1.96 bits per heavy atom. The summed E-state index contributed by atoms with van der Waals surface area (Å²) in [5.41, 5.74) is 1.61. The summed E-state index contributed by atoms with van der Waals surface area (Å²) in [6.07, 6.45) is 2.58. The molecular formula is C19H25FO4. The summed E-state index contributed by atoms with van der Waals surface area (Å²) in [7, 11) is 1.27. The van der Waals surface area contributed by atoms with E-state index in [1.54, 1.807) is 26.8 Å². The van der Waals surface area contributed by atoms with Gasteiger partial charge in [-0.15, -0.1) is 0 Å². The third kappa shape index (κ3) is 4.56. The Morgan fingerprint density at radius 3 is 2.58 bits per heavy atom. The minimum absolute atomic E-state index is 0.125. The molecule has 24 heavy (non-hydrogen) atoms. The Balaban J connectivity index is 2.15. The van der Waals surface area contributed by atoms with E-state index in [0.717, 1.165) is 30.4 Å². The Bertz CT molecular complexity index is 631. The fourth-order valence-electron chi connectivity index (χ4n) is 3.08. The Hall–Kier alpha value is -1.91. The van der Waals surface area contributed by atoms with Gasteiger partial charge in [-0.1, -0.05) is 12.1 Å². The number of esters is 2. The van der Waals surface area contributed by atoms with Gasteiger partial charge in [-0.3, -0.25) is 9.59 Å². The van der Waals surface area contributed by atoms with Gasteiger partial charge in [0.05, 0.1) is 19.4 Å². The first-order valence-corrected chi connectivity index (χ1v) is 8.30. The van der Waals surface area contributed by atoms with Gasteiger partial charge in [0.15, 0.2) is 0 Å². The van der Waals surface area contributed by atoms with Crippen molar-refractivity contribution in [1.82, 2.24) is 0 Å². The minimum Gasteiger partial charge on any atom is -0.469 e. The second-order valence-corrected chi connectivity index (χ2v) is 7.24. The van der Waals surface area contributed by atoms with E-state index in [-0.39, 0.29) is 18.7 Å². The Morgan fingerprint density at radius 1 is 1.25 bits per heavy atom. The zero-order valence-electron chi connectivity index (χ0n) is 14.8. The maximum atomic E-state index is 14.6. The predicted molar refractivity (Wildman–Crippen MR) is 88.1 cm³/mol. The van der Waals surface area contributed by atoms with Crippen LogP contribution >= 0.6 is 0 Å². The van der Waals surface area contributed by atoms with Gasteiger partial charge >= 0.3 is 11.9 Å². The zero-order chi connectivity index (χ0) is 17.9. The van der Waals surface area contributed by atoms with Gasteiger partial charge in [-0.05, 0) is 63.1 Å². The SMILES string of the molecule is COC(=O)[C@@H](CC(=O)OC(C)(C)C)Cc1ccc2c(c1F)CCC2. The lowest BCUT2D eigenvalue weighted by molar-refractivity contribution is -0.160. The van der Waals surface area contributed by atoms with Crippen molar-refractivity contribution in [3.63, 3.8) is 0 Å². The zero-order valence-corrected chi connectivity index (χ0v) is 14.8. The average molecular weight is 336 g/mol. The molecule has 0 radical (unpaired) electrons. The highest BCUT2D eigenvalue weighted by molar-refractivity contribution is 5.80. The van der Waals surface area contributed by atoms with Crippen molar-refractivity contribution in [2.24, 2.45) is 5.92 Å². The molecule has 1 aromatic rings. The van der Waals surface area contributed by atoms with E-state index in [9.17, 15) is 14.0 Å². The van der Waals surface area contributed by atoms with Crippen LogP contribution < -0.4 is 0 Å². The molecule has 1 atom stereocenters. The van der Waals surface area contributed by atoms with E-state index in [0.29, 0.717) is 5.56 Å². The molecule has 1 aliphatic carbocycles. The molecule has 0 bridgehead atoms. The second-order valence-electron chi connectivity index (χ2n) is 7.24. The van der Waals surface area contributed by atoms with Crippen molar-refractivity contribution < 1.29 is 23.5 Å². The maximum absolute atomic E-state index is 14.6. The summed E-state index contributed by atoms with van der Waals surface area (Å²) in [4.78, 5) is 24.0. The van der Waals surface area contributed by atoms with Crippen molar-refractivity contribution >= 4 is 11.9 Å². The van der Waals surface area contributed by atoms with Crippen molar-refractivity contribution in [3.8, 4) is 0 Å². The molecule has 5 heteroatoms. The number of carbonyl (C=O) groups is 2. The summed E-state index contributed by atoms with van der Waals surface area (Å²) < 4.78 is 24.7. The molecule has 0 fully saturated rings. The third-order valence-electron chi connectivity index (χ3n) is 4.13. The monoisotopic (exact) mass is 336 g/mol. The first-order valence-electron chi connectivity index (χ1n) is 8.30. The number of carbonyl (C=O) groups excluding carboxylic acids is 2. The lowest BCUT2D eigenvalue weighted by Gasteiger charge is -2.21. The maximum Gasteiger partial charge on any atom is 0.309 e. The molecule has 1 aromatic carbocycles. The molecule has 0 heterocycles. The number of hydrogen-bond donors (Lipinski definition) is 0. The molecule has 132 valence electrons. The summed E-state index contributed by atoms with van der Waals surface area (Å²) >= 11 is 0. The van der Waals surface area contributed by atoms with E-state index in [1.165, 1.54) is 7.11 Å². The van der Waals surface area contributed by atoms with E-state index in [4.69, 9.17) is 9.47 Å². The van der Waals surface area contributed by atoms with Gasteiger partial charge in [0, 0.05) is 0 Å². The Labute approximate surface area is 142 Å². The number of ether oxygens (including phenoxy) is 2. The van der Waals surface area contributed by atoms with Crippen molar-refractivity contribution in [1.29, 1.82) is 0 Å². The quantitative estimate of drug-likeness (QED) is 0.774. The van der Waals surface area contributed by atoms with Crippen molar-refractivity contribution in [2.45, 2.75) is 58.5 Å². The van der Waals surface area contributed by atoms with E-state index in [1.807, 2.05) is 6.07 Å². The van der Waals surface area contributed by atoms with Crippen LogP contribution in [0, 0.1) is 11.7 Å². The van der Waals surface area contributed by atoms with Gasteiger partial charge in [0.1, 0.15) is 11.4 Å². The van der Waals surface area contributed by atoms with E-state index < -0.39 is 23.5 Å². The number of benzene rings is 1. The van der Waals surface area contributed by atoms with Crippen LogP contribution in [0.25, 0.3) is 0 Å². The normalized spacial score (nSPS) is 14.9. The number of aryl methyl sites for hydroxylation is 1. The van der Waals surface area contributed by atoms with E-state index in [2.05, 4.69) is 0 Å². The number of hydrogen-bond acceptors (Lipinski definition) is 4. The standard InChI is InChI=1S/C19H25FO4/c1-19(2,3)24-16(21)11-14(18(22)23-4)10-13-9-8-12-6-5-7-15(12)17(13)20/h8-9,14H,5-7,10-11H2,1-4H3/t14-/m1/s1. The molecular weight excluding hydrogens is 311 g/mol. The van der Waals surface area contributed by atoms with Gasteiger partial charge in [0.25, 0.3) is 0 Å². The van der Waals surface area contributed by atoms with Crippen LogP contribution in [0.2, 0.25) is 0 Å². The third-order valence-corrected chi connectivity index (χ3v) is 4.13. The average Bonchev–Trinajstić information content (AvgIpc) is 2.95. The van der Waals surface area contributed by atoms with Gasteiger partial charge in [-0.25, -0.2) is 4.39 Å². The molecule has 0 saturated heterocycles. The molecule has 1 aliphatic rings. The first-order chi connectivity index (χ1) is 11.2. The highest BCUT2D eigenvalue weighted by atomic mass is 19.1. The molecule has 0 unspecified atom stereocenters. The smallest absolute Gasteiger partial charge is 0.309 e. The molecule has 0 N–H and O–H groups in total. The second kappa shape index (κ2) is 7.32. The van der Waals surface area contributed by atoms with Crippen molar-refractivity contribution in [3.05, 3.63) is 34.6 Å². The van der Waals surface area contributed by atoms with Crippen LogP contribution in [-0.2, 0) is 38.3 Å². The summed E-state index contributed by atoms with van der Waals surface area (Å²) in [6, 6.07) is 3.63. The minimum atomic E-state index is -0.751. The first kappa shape index (κ1) is 18.4. The van der Waals surface area contributed by atoms with Gasteiger partial charge in [0.2, 0.25) is 0 Å². The lowest BCUT2D eigenvalue weighted by atomic mass is 9.93. The molecule has 0 amide bonds. The van der Waals surface area contributed by atoms with Crippen LogP contribution in [0.15, 0.2) is 12.1 Å². The van der Waals surface area contributed by atoms with Crippen LogP contribution in [0.4, 0.5) is 4.39 Å². The number of fused-ring (bicyclic) bond motifs is 1. The lowest BCUT2D eigenvalue weighted by Crippen LogP contribution is -2.29. The van der Waals surface area contributed by atoms with Crippen LogP contribution in [0.1, 0.15) is 50.3 Å². The number of rotatable bonds is 5. The fraction of sp³-hybridized carbons (Fsp3) is 0.579. The van der Waals surface area contributed by atoms with Crippen LogP contribution in [0.3, 0.4) is 0 Å². The molecule has 0 aromatic heterocycles. The largest absolute Gasteiger partial charge is 0.469 e. The topological polar surface area (TPSA) is 52.6 Å². The van der Waals surface area contributed by atoms with Gasteiger partial charge < -0.3 is 9.47 Å². The van der Waals surface area contributed by atoms with Crippen LogP contribution in [0.5, 0.6) is 0 Å². The summed E-state index contributed by atoms with van der Waals surface area (Å²) in [5.74, 6) is -2.01. The molecule has 0 aliphatic heterocycles. The number of methoxy groups -OCH3 is 1. The molecule has 0 saturated carbocycles. The highest BCUT2D eigenvalue weighted by Gasteiger charge is 2.28. The van der Waals surface area contributed by atoms with Crippen LogP contribution in [-0.4, -0.2) is 24.6 Å². The van der Waals surface area contributed by atoms with Crippen molar-refractivity contribution in [2.75, 3.05) is 7.11 Å². The molecule has 2 rings (SSSR count). The molecule has 0 spiro atoms. The summed E-state index contributed by atoms with van der Waals surface area (Å²) in [5, 5.41) is 0. The number of halogens is 1. The highest BCUT2D eigenvalue weighted by Crippen LogP contribution is 2.28. The van der Waals surface area contributed by atoms with Gasteiger partial charge in [-0.2, -0.15) is 0 Å². The summed E-state index contributed by atoms with van der Waals surface area (Å²) in [6.45, 7) is 5.29. The molecule has 4 nitrogen and oxygen atoms in total.